The molecular formula is C17H11FN2O3. The third-order valence-corrected chi connectivity index (χ3v) is 3.16. The minimum absolute atomic E-state index is 0.131. The Kier molecular flexibility index (Phi) is 3.93. The average Bonchev–Trinajstić information content (AvgIpc) is 3.00. The SMILES string of the molecule is N#C/C(=C\c1cccc(F)c1)C(=O)Nc1ccc2c(c1)OCO2. The molecule has 1 amide bonds. The second kappa shape index (κ2) is 6.20. The summed E-state index contributed by atoms with van der Waals surface area (Å²) in [4.78, 5) is 12.2. The molecule has 0 radical (unpaired) electrons. The van der Waals surface area contributed by atoms with Gasteiger partial charge in [0.2, 0.25) is 6.79 Å². The van der Waals surface area contributed by atoms with Gasteiger partial charge in [-0.3, -0.25) is 4.79 Å². The number of anilines is 1. The summed E-state index contributed by atoms with van der Waals surface area (Å²) in [5.41, 5.74) is 0.773. The van der Waals surface area contributed by atoms with Crippen molar-refractivity contribution in [1.29, 1.82) is 5.26 Å². The normalized spacial score (nSPS) is 12.6. The number of fused-ring (bicyclic) bond motifs is 1. The standard InChI is InChI=1S/C17H11FN2O3/c18-13-3-1-2-11(7-13)6-12(9-19)17(21)20-14-4-5-15-16(8-14)23-10-22-15/h1-8H,10H2,(H,20,21)/b12-6+. The van der Waals surface area contributed by atoms with Crippen molar-refractivity contribution in [3.8, 4) is 17.6 Å². The fraction of sp³-hybridized carbons (Fsp3) is 0.0588. The Morgan fingerprint density at radius 2 is 2.04 bits per heavy atom. The predicted molar refractivity (Wildman–Crippen MR) is 81.2 cm³/mol. The monoisotopic (exact) mass is 310 g/mol. The highest BCUT2D eigenvalue weighted by Gasteiger charge is 2.15. The molecule has 114 valence electrons. The molecule has 23 heavy (non-hydrogen) atoms. The summed E-state index contributed by atoms with van der Waals surface area (Å²) in [6, 6.07) is 12.4. The molecule has 1 heterocycles. The van der Waals surface area contributed by atoms with Crippen molar-refractivity contribution >= 4 is 17.7 Å². The van der Waals surface area contributed by atoms with Crippen molar-refractivity contribution in [3.63, 3.8) is 0 Å². The predicted octanol–water partition coefficient (Wildman–Crippen LogP) is 3.10. The van der Waals surface area contributed by atoms with Crippen molar-refractivity contribution < 1.29 is 18.7 Å². The number of nitriles is 1. The van der Waals surface area contributed by atoms with E-state index in [2.05, 4.69) is 5.32 Å². The minimum Gasteiger partial charge on any atom is -0.454 e. The highest BCUT2D eigenvalue weighted by molar-refractivity contribution is 6.09. The maximum Gasteiger partial charge on any atom is 0.266 e. The van der Waals surface area contributed by atoms with Crippen LogP contribution in [-0.2, 0) is 4.79 Å². The third-order valence-electron chi connectivity index (χ3n) is 3.16. The number of nitrogens with zero attached hydrogens (tertiary/aromatic N) is 1. The first kappa shape index (κ1) is 14.6. The molecule has 0 saturated carbocycles. The molecule has 0 fully saturated rings. The Morgan fingerprint density at radius 1 is 1.22 bits per heavy atom. The zero-order chi connectivity index (χ0) is 16.2. The lowest BCUT2D eigenvalue weighted by Gasteiger charge is -2.05. The topological polar surface area (TPSA) is 71.4 Å². The van der Waals surface area contributed by atoms with Crippen molar-refractivity contribution in [3.05, 3.63) is 59.4 Å². The van der Waals surface area contributed by atoms with Gasteiger partial charge in [0.1, 0.15) is 17.5 Å². The molecule has 2 aromatic carbocycles. The Labute approximate surface area is 131 Å². The number of benzene rings is 2. The van der Waals surface area contributed by atoms with Crippen LogP contribution in [0.1, 0.15) is 5.56 Å². The molecule has 0 spiro atoms. The quantitative estimate of drug-likeness (QED) is 0.698. The van der Waals surface area contributed by atoms with Gasteiger partial charge in [-0.15, -0.1) is 0 Å². The molecule has 0 aromatic heterocycles. The summed E-state index contributed by atoms with van der Waals surface area (Å²) in [6.07, 6.45) is 1.32. The number of carbonyl (C=O) groups is 1. The van der Waals surface area contributed by atoms with E-state index in [9.17, 15) is 9.18 Å². The number of amides is 1. The molecule has 3 rings (SSSR count). The van der Waals surface area contributed by atoms with Crippen molar-refractivity contribution in [2.24, 2.45) is 0 Å². The minimum atomic E-state index is -0.587. The fourth-order valence-electron chi connectivity index (χ4n) is 2.08. The van der Waals surface area contributed by atoms with E-state index in [1.807, 2.05) is 6.07 Å². The van der Waals surface area contributed by atoms with E-state index in [0.29, 0.717) is 22.7 Å². The lowest BCUT2D eigenvalue weighted by atomic mass is 10.1. The number of nitrogens with one attached hydrogen (secondary N) is 1. The number of rotatable bonds is 3. The first-order valence-electron chi connectivity index (χ1n) is 6.74. The smallest absolute Gasteiger partial charge is 0.266 e. The Morgan fingerprint density at radius 3 is 2.83 bits per heavy atom. The van der Waals surface area contributed by atoms with Crippen LogP contribution < -0.4 is 14.8 Å². The van der Waals surface area contributed by atoms with Gasteiger partial charge in [-0.1, -0.05) is 12.1 Å². The highest BCUT2D eigenvalue weighted by atomic mass is 19.1. The largest absolute Gasteiger partial charge is 0.454 e. The van der Waals surface area contributed by atoms with Crippen LogP contribution in [0.3, 0.4) is 0 Å². The van der Waals surface area contributed by atoms with Gasteiger partial charge in [0.15, 0.2) is 11.5 Å². The zero-order valence-electron chi connectivity index (χ0n) is 11.9. The van der Waals surface area contributed by atoms with E-state index in [0.717, 1.165) is 0 Å². The molecule has 1 aliphatic rings. The van der Waals surface area contributed by atoms with Crippen LogP contribution in [0.2, 0.25) is 0 Å². The van der Waals surface area contributed by atoms with Gasteiger partial charge in [-0.05, 0) is 35.9 Å². The van der Waals surface area contributed by atoms with Gasteiger partial charge in [0.05, 0.1) is 0 Å². The number of hydrogen-bond donors (Lipinski definition) is 1. The van der Waals surface area contributed by atoms with E-state index in [1.54, 1.807) is 24.3 Å². The molecule has 2 aromatic rings. The van der Waals surface area contributed by atoms with E-state index in [-0.39, 0.29) is 12.4 Å². The van der Waals surface area contributed by atoms with E-state index in [1.165, 1.54) is 24.3 Å². The molecular weight excluding hydrogens is 299 g/mol. The van der Waals surface area contributed by atoms with Crippen molar-refractivity contribution in [2.45, 2.75) is 0 Å². The average molecular weight is 310 g/mol. The number of ether oxygens (including phenoxy) is 2. The summed E-state index contributed by atoms with van der Waals surface area (Å²) < 4.78 is 23.6. The lowest BCUT2D eigenvalue weighted by Crippen LogP contribution is -2.13. The number of halogens is 1. The molecule has 0 bridgehead atoms. The van der Waals surface area contributed by atoms with Crippen LogP contribution >= 0.6 is 0 Å². The molecule has 0 aliphatic carbocycles. The van der Waals surface area contributed by atoms with Crippen LogP contribution in [0, 0.1) is 17.1 Å². The summed E-state index contributed by atoms with van der Waals surface area (Å²) in [5.74, 6) is 0.0945. The summed E-state index contributed by atoms with van der Waals surface area (Å²) in [6.45, 7) is 0.135. The summed E-state index contributed by atoms with van der Waals surface area (Å²) >= 11 is 0. The van der Waals surface area contributed by atoms with Gasteiger partial charge >= 0.3 is 0 Å². The fourth-order valence-corrected chi connectivity index (χ4v) is 2.08. The first-order chi connectivity index (χ1) is 11.2. The van der Waals surface area contributed by atoms with Crippen LogP contribution in [-0.4, -0.2) is 12.7 Å². The Hall–Kier alpha value is -3.33. The van der Waals surface area contributed by atoms with Crippen LogP contribution in [0.4, 0.5) is 10.1 Å². The summed E-state index contributed by atoms with van der Waals surface area (Å²) in [5, 5.41) is 11.7. The molecule has 0 unspecified atom stereocenters. The van der Waals surface area contributed by atoms with Crippen LogP contribution in [0.5, 0.6) is 11.5 Å². The van der Waals surface area contributed by atoms with Crippen molar-refractivity contribution in [2.75, 3.05) is 12.1 Å². The van der Waals surface area contributed by atoms with Crippen LogP contribution in [0.25, 0.3) is 6.08 Å². The second-order valence-corrected chi connectivity index (χ2v) is 4.75. The number of hydrogen-bond acceptors (Lipinski definition) is 4. The molecule has 0 saturated heterocycles. The molecule has 0 atom stereocenters. The zero-order valence-corrected chi connectivity index (χ0v) is 11.9. The maximum atomic E-state index is 13.2. The summed E-state index contributed by atoms with van der Waals surface area (Å²) in [7, 11) is 0. The number of carbonyl (C=O) groups excluding carboxylic acids is 1. The van der Waals surface area contributed by atoms with Gasteiger partial charge in [0, 0.05) is 11.8 Å². The third kappa shape index (κ3) is 3.30. The van der Waals surface area contributed by atoms with Gasteiger partial charge in [-0.2, -0.15) is 5.26 Å². The molecule has 5 nitrogen and oxygen atoms in total. The first-order valence-corrected chi connectivity index (χ1v) is 6.74. The molecule has 1 N–H and O–H groups in total. The van der Waals surface area contributed by atoms with Gasteiger partial charge in [0.25, 0.3) is 5.91 Å². The highest BCUT2D eigenvalue weighted by Crippen LogP contribution is 2.34. The molecule has 1 aliphatic heterocycles. The maximum absolute atomic E-state index is 13.2. The van der Waals surface area contributed by atoms with Gasteiger partial charge < -0.3 is 14.8 Å². The van der Waals surface area contributed by atoms with E-state index < -0.39 is 11.7 Å². The Bertz CT molecular complexity index is 840. The second-order valence-electron chi connectivity index (χ2n) is 4.75. The van der Waals surface area contributed by atoms with Crippen LogP contribution in [0.15, 0.2) is 48.0 Å². The van der Waals surface area contributed by atoms with E-state index in [4.69, 9.17) is 14.7 Å². The van der Waals surface area contributed by atoms with Crippen molar-refractivity contribution in [1.82, 2.24) is 0 Å². The van der Waals surface area contributed by atoms with E-state index >= 15 is 0 Å². The lowest BCUT2D eigenvalue weighted by molar-refractivity contribution is -0.112. The Balaban J connectivity index is 1.79. The van der Waals surface area contributed by atoms with Gasteiger partial charge in [-0.25, -0.2) is 4.39 Å². The molecule has 6 heteroatoms.